The molecule has 1 N–H and O–H groups in total. The molecule has 3 heteroatoms. The molecule has 3 rings (SSSR count). The minimum absolute atomic E-state index is 0.382. The first-order chi connectivity index (χ1) is 9.98. The third-order valence-electron chi connectivity index (χ3n) is 5.15. The highest BCUT2D eigenvalue weighted by Crippen LogP contribution is 2.46. The van der Waals surface area contributed by atoms with Crippen LogP contribution in [0, 0.1) is 11.3 Å². The van der Waals surface area contributed by atoms with Gasteiger partial charge in [0, 0.05) is 16.8 Å². The Balaban J connectivity index is 1.84. The Bertz CT molecular complexity index is 491. The van der Waals surface area contributed by atoms with Gasteiger partial charge < -0.3 is 5.32 Å². The predicted octanol–water partition coefficient (Wildman–Crippen LogP) is 5.06. The summed E-state index contributed by atoms with van der Waals surface area (Å²) in [6.45, 7) is 10.6. The lowest BCUT2D eigenvalue weighted by atomic mass is 9.76. The van der Waals surface area contributed by atoms with Gasteiger partial charge in [-0.05, 0) is 50.0 Å². The lowest BCUT2D eigenvalue weighted by Gasteiger charge is -2.34. The molecule has 0 aliphatic heterocycles. The maximum Gasteiger partial charge on any atom is 0.0962 e. The summed E-state index contributed by atoms with van der Waals surface area (Å²) in [7, 11) is 0. The average molecular weight is 307 g/mol. The second-order valence-corrected chi connectivity index (χ2v) is 9.09. The van der Waals surface area contributed by atoms with Gasteiger partial charge in [0.15, 0.2) is 0 Å². The molecular formula is C18H30N2S. The molecule has 0 spiro atoms. The highest BCUT2D eigenvalue weighted by atomic mass is 32.1. The Kier molecular flexibility index (Phi) is 4.42. The van der Waals surface area contributed by atoms with Gasteiger partial charge in [-0.25, -0.2) is 4.98 Å². The normalized spacial score (nSPS) is 31.3. The first-order valence-corrected chi connectivity index (χ1v) is 9.53. The number of thiazole rings is 1. The van der Waals surface area contributed by atoms with Crippen molar-refractivity contribution < 1.29 is 0 Å². The van der Waals surface area contributed by atoms with Crippen LogP contribution in [-0.2, 0) is 6.42 Å². The molecule has 2 nitrogen and oxygen atoms in total. The maximum atomic E-state index is 5.10. The van der Waals surface area contributed by atoms with Gasteiger partial charge in [0.1, 0.15) is 0 Å². The summed E-state index contributed by atoms with van der Waals surface area (Å²) in [4.78, 5) is 6.65. The minimum Gasteiger partial charge on any atom is -0.309 e. The first-order valence-electron chi connectivity index (χ1n) is 8.71. The fourth-order valence-electron chi connectivity index (χ4n) is 4.04. The Hall–Kier alpha value is -0.410. The number of rotatable bonds is 4. The Morgan fingerprint density at radius 2 is 2.14 bits per heavy atom. The number of aromatic nitrogens is 1. The zero-order chi connectivity index (χ0) is 15.0. The van der Waals surface area contributed by atoms with Gasteiger partial charge in [-0.15, -0.1) is 11.3 Å². The molecule has 0 saturated heterocycles. The topological polar surface area (TPSA) is 24.9 Å². The molecule has 3 atom stereocenters. The van der Waals surface area contributed by atoms with Crippen LogP contribution >= 0.6 is 11.3 Å². The summed E-state index contributed by atoms with van der Waals surface area (Å²) < 4.78 is 0. The van der Waals surface area contributed by atoms with E-state index < -0.39 is 0 Å². The number of nitrogens with zero attached hydrogens (tertiary/aromatic N) is 1. The molecule has 118 valence electrons. The highest BCUT2D eigenvalue weighted by molar-refractivity contribution is 7.12. The van der Waals surface area contributed by atoms with E-state index in [0.717, 1.165) is 24.8 Å². The Labute approximate surface area is 133 Å². The molecule has 2 aliphatic carbocycles. The quantitative estimate of drug-likeness (QED) is 0.841. The van der Waals surface area contributed by atoms with Crippen LogP contribution < -0.4 is 5.32 Å². The van der Waals surface area contributed by atoms with E-state index in [1.54, 1.807) is 4.88 Å². The van der Waals surface area contributed by atoms with Crippen molar-refractivity contribution in [2.24, 2.45) is 11.3 Å². The number of fused-ring (bicyclic) bond motifs is 1. The highest BCUT2D eigenvalue weighted by Gasteiger charge is 2.36. The van der Waals surface area contributed by atoms with Crippen LogP contribution in [0.2, 0.25) is 0 Å². The van der Waals surface area contributed by atoms with Gasteiger partial charge in [-0.2, -0.15) is 0 Å². The maximum absolute atomic E-state index is 5.10. The minimum atomic E-state index is 0.382. The van der Waals surface area contributed by atoms with Crippen LogP contribution in [0.1, 0.15) is 87.3 Å². The average Bonchev–Trinajstić information content (AvgIpc) is 3.00. The molecule has 1 saturated carbocycles. The van der Waals surface area contributed by atoms with Crippen molar-refractivity contribution in [3.63, 3.8) is 0 Å². The molecule has 1 heterocycles. The molecule has 0 amide bonds. The summed E-state index contributed by atoms with van der Waals surface area (Å²) in [5.74, 6) is 1.63. The van der Waals surface area contributed by atoms with E-state index in [2.05, 4.69) is 33.0 Å². The number of hydrogen-bond acceptors (Lipinski definition) is 3. The predicted molar refractivity (Wildman–Crippen MR) is 91.0 cm³/mol. The van der Waals surface area contributed by atoms with Crippen molar-refractivity contribution in [3.8, 4) is 0 Å². The summed E-state index contributed by atoms with van der Waals surface area (Å²) in [6, 6.07) is 0.536. The lowest BCUT2D eigenvalue weighted by Crippen LogP contribution is -2.33. The van der Waals surface area contributed by atoms with Gasteiger partial charge in [0.05, 0.1) is 10.7 Å². The van der Waals surface area contributed by atoms with E-state index in [-0.39, 0.29) is 0 Å². The molecule has 0 aromatic carbocycles. The van der Waals surface area contributed by atoms with E-state index in [9.17, 15) is 0 Å². The monoisotopic (exact) mass is 306 g/mol. The summed E-state index contributed by atoms with van der Waals surface area (Å²) in [5.41, 5.74) is 1.78. The van der Waals surface area contributed by atoms with Crippen molar-refractivity contribution in [1.29, 1.82) is 0 Å². The van der Waals surface area contributed by atoms with Crippen molar-refractivity contribution in [3.05, 3.63) is 15.6 Å². The molecule has 1 aromatic heterocycles. The molecule has 1 fully saturated rings. The van der Waals surface area contributed by atoms with E-state index in [0.29, 0.717) is 11.5 Å². The summed E-state index contributed by atoms with van der Waals surface area (Å²) >= 11 is 2.02. The Morgan fingerprint density at radius 3 is 2.81 bits per heavy atom. The SMILES string of the molecule is CCCNC1CC(C)(C)Cc2nc(C3CCC(C)C3)sc21. The first kappa shape index (κ1) is 15.5. The van der Waals surface area contributed by atoms with Crippen molar-refractivity contribution in [1.82, 2.24) is 10.3 Å². The van der Waals surface area contributed by atoms with Gasteiger partial charge in [0.2, 0.25) is 0 Å². The lowest BCUT2D eigenvalue weighted by molar-refractivity contribution is 0.258. The third-order valence-corrected chi connectivity index (χ3v) is 6.52. The second kappa shape index (κ2) is 6.00. The van der Waals surface area contributed by atoms with E-state index >= 15 is 0 Å². The molecule has 2 aliphatic rings. The Morgan fingerprint density at radius 1 is 1.33 bits per heavy atom. The van der Waals surface area contributed by atoms with Crippen LogP contribution in [0.25, 0.3) is 0 Å². The third kappa shape index (κ3) is 3.34. The number of nitrogens with one attached hydrogen (secondary N) is 1. The van der Waals surface area contributed by atoms with E-state index in [1.807, 2.05) is 11.3 Å². The van der Waals surface area contributed by atoms with Crippen molar-refractivity contribution in [2.45, 2.75) is 78.2 Å². The molecule has 21 heavy (non-hydrogen) atoms. The van der Waals surface area contributed by atoms with Gasteiger partial charge in [-0.1, -0.05) is 34.1 Å². The van der Waals surface area contributed by atoms with Crippen molar-refractivity contribution >= 4 is 11.3 Å². The van der Waals surface area contributed by atoms with E-state index in [4.69, 9.17) is 4.98 Å². The fraction of sp³-hybridized carbons (Fsp3) is 0.833. The van der Waals surface area contributed by atoms with E-state index in [1.165, 1.54) is 42.8 Å². The largest absolute Gasteiger partial charge is 0.309 e. The van der Waals surface area contributed by atoms with Crippen LogP contribution in [0.3, 0.4) is 0 Å². The summed E-state index contributed by atoms with van der Waals surface area (Å²) in [5, 5.41) is 5.20. The standard InChI is InChI=1S/C18H30N2S/c1-5-8-19-14-10-18(3,4)11-15-16(14)21-17(20-15)13-7-6-12(2)9-13/h12-14,19H,5-11H2,1-4H3. The van der Waals surface area contributed by atoms with Crippen LogP contribution in [0.4, 0.5) is 0 Å². The smallest absolute Gasteiger partial charge is 0.0962 e. The zero-order valence-electron chi connectivity index (χ0n) is 14.0. The van der Waals surface area contributed by atoms with Gasteiger partial charge in [-0.3, -0.25) is 0 Å². The van der Waals surface area contributed by atoms with Crippen LogP contribution in [-0.4, -0.2) is 11.5 Å². The van der Waals surface area contributed by atoms with Crippen LogP contribution in [0.5, 0.6) is 0 Å². The van der Waals surface area contributed by atoms with Crippen LogP contribution in [0.15, 0.2) is 0 Å². The van der Waals surface area contributed by atoms with Crippen molar-refractivity contribution in [2.75, 3.05) is 6.54 Å². The molecule has 1 aromatic rings. The second-order valence-electron chi connectivity index (χ2n) is 8.03. The molecular weight excluding hydrogens is 276 g/mol. The summed E-state index contributed by atoms with van der Waals surface area (Å²) in [6.07, 6.45) is 7.71. The fourth-order valence-corrected chi connectivity index (χ4v) is 5.35. The zero-order valence-corrected chi connectivity index (χ0v) is 14.9. The van der Waals surface area contributed by atoms with Gasteiger partial charge in [0.25, 0.3) is 0 Å². The molecule has 3 unspecified atom stereocenters. The van der Waals surface area contributed by atoms with Gasteiger partial charge >= 0.3 is 0 Å². The molecule has 0 radical (unpaired) electrons. The number of hydrogen-bond donors (Lipinski definition) is 1. The molecule has 0 bridgehead atoms.